The average molecular weight is 407 g/mol. The highest BCUT2D eigenvalue weighted by atomic mass is 16.5. The molecule has 0 aliphatic carbocycles. The number of ketones is 2. The van der Waals surface area contributed by atoms with Gasteiger partial charge >= 0.3 is 0 Å². The quantitative estimate of drug-likeness (QED) is 0.422. The van der Waals surface area contributed by atoms with Gasteiger partial charge in [0.05, 0.1) is 25.8 Å². The third-order valence-electron chi connectivity index (χ3n) is 6.02. The number of ether oxygens (including phenoxy) is 1. The van der Waals surface area contributed by atoms with Crippen LogP contribution in [0.4, 0.5) is 0 Å². The molecule has 156 valence electrons. The van der Waals surface area contributed by atoms with E-state index in [0.717, 1.165) is 44.8 Å². The molecule has 1 amide bonds. The first-order chi connectivity index (χ1) is 14.7. The molecule has 0 aromatic heterocycles. The van der Waals surface area contributed by atoms with Crippen LogP contribution in [-0.2, 0) is 14.3 Å². The van der Waals surface area contributed by atoms with Gasteiger partial charge in [-0.3, -0.25) is 14.4 Å². The Labute approximate surface area is 176 Å². The Kier molecular flexibility index (Phi) is 6.35. The molecule has 2 atom stereocenters. The minimum Gasteiger partial charge on any atom is -0.370 e. The Morgan fingerprint density at radius 3 is 2.27 bits per heavy atom. The lowest BCUT2D eigenvalue weighted by atomic mass is 9.86. The van der Waals surface area contributed by atoms with Crippen molar-refractivity contribution in [2.75, 3.05) is 39.4 Å². The van der Waals surface area contributed by atoms with Crippen molar-refractivity contribution in [2.24, 2.45) is 5.92 Å². The topological polar surface area (TPSA) is 68.1 Å². The molecule has 2 saturated heterocycles. The third kappa shape index (κ3) is 4.20. The molecule has 6 nitrogen and oxygen atoms in total. The monoisotopic (exact) mass is 407 g/mol. The highest BCUT2D eigenvalue weighted by Crippen LogP contribution is 2.38. The normalized spacial score (nSPS) is 22.5. The lowest BCUT2D eigenvalue weighted by molar-refractivity contribution is -0.908. The zero-order valence-electron chi connectivity index (χ0n) is 17.0. The predicted octanol–water partition coefficient (Wildman–Crippen LogP) is 0.943. The molecule has 2 unspecified atom stereocenters. The lowest BCUT2D eigenvalue weighted by Crippen LogP contribution is -3.14. The molecule has 0 bridgehead atoms. The Bertz CT molecular complexity index is 894. The maximum atomic E-state index is 13.2. The summed E-state index contributed by atoms with van der Waals surface area (Å²) >= 11 is 0. The van der Waals surface area contributed by atoms with Gasteiger partial charge in [0.2, 0.25) is 5.78 Å². The van der Waals surface area contributed by atoms with Crippen molar-refractivity contribution >= 4 is 17.5 Å². The van der Waals surface area contributed by atoms with E-state index in [1.807, 2.05) is 36.4 Å². The second-order valence-electron chi connectivity index (χ2n) is 7.89. The van der Waals surface area contributed by atoms with E-state index < -0.39 is 23.7 Å². The number of rotatable bonds is 7. The fourth-order valence-electron chi connectivity index (χ4n) is 4.44. The van der Waals surface area contributed by atoms with E-state index in [4.69, 9.17) is 4.74 Å². The van der Waals surface area contributed by atoms with Gasteiger partial charge in [0.15, 0.2) is 5.78 Å². The standard InChI is InChI=1S/C24H26N2O4/c27-22(19-10-5-2-6-11-19)20-21(18-8-3-1-4-9-18)26(24(29)23(20)28)13-7-12-25-14-16-30-17-15-25/h1-6,8-11,20-21H,7,12-17H2/p+1. The van der Waals surface area contributed by atoms with Gasteiger partial charge in [-0.2, -0.15) is 0 Å². The van der Waals surface area contributed by atoms with E-state index in [2.05, 4.69) is 0 Å². The molecule has 0 radical (unpaired) electrons. The van der Waals surface area contributed by atoms with Crippen LogP contribution in [0.25, 0.3) is 0 Å². The number of hydrogen-bond acceptors (Lipinski definition) is 4. The van der Waals surface area contributed by atoms with E-state index >= 15 is 0 Å². The number of nitrogens with one attached hydrogen (secondary N) is 1. The van der Waals surface area contributed by atoms with Gasteiger partial charge in [0.1, 0.15) is 19.0 Å². The molecular weight excluding hydrogens is 380 g/mol. The molecule has 1 N–H and O–H groups in total. The lowest BCUT2D eigenvalue weighted by Gasteiger charge is -2.28. The average Bonchev–Trinajstić information content (AvgIpc) is 3.05. The largest absolute Gasteiger partial charge is 0.370 e. The third-order valence-corrected chi connectivity index (χ3v) is 6.02. The van der Waals surface area contributed by atoms with E-state index in [1.54, 1.807) is 29.2 Å². The van der Waals surface area contributed by atoms with Crippen molar-refractivity contribution in [1.29, 1.82) is 0 Å². The smallest absolute Gasteiger partial charge is 0.291 e. The summed E-state index contributed by atoms with van der Waals surface area (Å²) in [5, 5.41) is 0. The van der Waals surface area contributed by atoms with Crippen LogP contribution in [0, 0.1) is 5.92 Å². The van der Waals surface area contributed by atoms with E-state index in [1.165, 1.54) is 4.90 Å². The predicted molar refractivity (Wildman–Crippen MR) is 111 cm³/mol. The molecule has 30 heavy (non-hydrogen) atoms. The number of morpholine rings is 1. The minimum absolute atomic E-state index is 0.288. The SMILES string of the molecule is O=C1C(=O)N(CCC[NH+]2CCOCC2)C(c2ccccc2)C1C(=O)c1ccccc1. The highest BCUT2D eigenvalue weighted by molar-refractivity contribution is 6.44. The van der Waals surface area contributed by atoms with Crippen molar-refractivity contribution in [3.63, 3.8) is 0 Å². The van der Waals surface area contributed by atoms with Crippen LogP contribution in [0.3, 0.4) is 0 Å². The molecule has 0 saturated carbocycles. The van der Waals surface area contributed by atoms with E-state index in [0.29, 0.717) is 12.1 Å². The molecule has 2 aliphatic rings. The summed E-state index contributed by atoms with van der Waals surface area (Å²) in [6, 6.07) is 17.6. The Morgan fingerprint density at radius 1 is 0.967 bits per heavy atom. The van der Waals surface area contributed by atoms with Crippen molar-refractivity contribution in [3.8, 4) is 0 Å². The maximum Gasteiger partial charge on any atom is 0.291 e. The van der Waals surface area contributed by atoms with Crippen LogP contribution in [-0.4, -0.2) is 61.8 Å². The molecule has 2 heterocycles. The molecule has 6 heteroatoms. The van der Waals surface area contributed by atoms with Gasteiger partial charge in [0.25, 0.3) is 5.91 Å². The summed E-state index contributed by atoms with van der Waals surface area (Å²) in [5.74, 6) is -2.44. The molecule has 0 spiro atoms. The van der Waals surface area contributed by atoms with Crippen molar-refractivity contribution in [2.45, 2.75) is 12.5 Å². The summed E-state index contributed by atoms with van der Waals surface area (Å²) in [5.41, 5.74) is 1.29. The van der Waals surface area contributed by atoms with Crippen molar-refractivity contribution in [1.82, 2.24) is 4.90 Å². The van der Waals surface area contributed by atoms with Gasteiger partial charge in [0, 0.05) is 18.5 Å². The zero-order valence-corrected chi connectivity index (χ0v) is 17.0. The first-order valence-corrected chi connectivity index (χ1v) is 10.6. The number of benzene rings is 2. The number of hydrogen-bond donors (Lipinski definition) is 1. The molecule has 2 fully saturated rings. The number of carbonyl (C=O) groups is 3. The molecule has 2 aromatic carbocycles. The zero-order chi connectivity index (χ0) is 20.9. The maximum absolute atomic E-state index is 13.2. The fraction of sp³-hybridized carbons (Fsp3) is 0.375. The van der Waals surface area contributed by atoms with Crippen LogP contribution in [0.1, 0.15) is 28.4 Å². The Hall–Kier alpha value is -2.83. The number of quaternary nitrogens is 1. The van der Waals surface area contributed by atoms with Crippen LogP contribution in [0.2, 0.25) is 0 Å². The number of carbonyl (C=O) groups excluding carboxylic acids is 3. The van der Waals surface area contributed by atoms with Gasteiger partial charge < -0.3 is 14.5 Å². The summed E-state index contributed by atoms with van der Waals surface area (Å²) < 4.78 is 5.40. The second-order valence-corrected chi connectivity index (χ2v) is 7.89. The van der Waals surface area contributed by atoms with Gasteiger partial charge in [-0.15, -0.1) is 0 Å². The van der Waals surface area contributed by atoms with Crippen LogP contribution < -0.4 is 4.90 Å². The van der Waals surface area contributed by atoms with Gasteiger partial charge in [-0.05, 0) is 5.56 Å². The summed E-state index contributed by atoms with van der Waals surface area (Å²) in [6.07, 6.45) is 0.782. The number of Topliss-reactive ketones (excluding diaryl/α,β-unsaturated/α-hetero) is 2. The second kappa shape index (κ2) is 9.32. The number of likely N-dealkylation sites (tertiary alicyclic amines) is 1. The fourth-order valence-corrected chi connectivity index (χ4v) is 4.44. The summed E-state index contributed by atoms with van der Waals surface area (Å²) in [4.78, 5) is 42.2. The molecular formula is C24H27N2O4+. The first kappa shape index (κ1) is 20.4. The molecule has 2 aromatic rings. The van der Waals surface area contributed by atoms with E-state index in [9.17, 15) is 14.4 Å². The summed E-state index contributed by atoms with van der Waals surface area (Å²) in [6.45, 7) is 4.83. The van der Waals surface area contributed by atoms with Crippen LogP contribution >= 0.6 is 0 Å². The highest BCUT2D eigenvalue weighted by Gasteiger charge is 2.51. The Balaban J connectivity index is 1.57. The summed E-state index contributed by atoms with van der Waals surface area (Å²) in [7, 11) is 0. The molecule has 2 aliphatic heterocycles. The van der Waals surface area contributed by atoms with Crippen LogP contribution in [0.15, 0.2) is 60.7 Å². The first-order valence-electron chi connectivity index (χ1n) is 10.6. The van der Waals surface area contributed by atoms with Gasteiger partial charge in [-0.25, -0.2) is 0 Å². The van der Waals surface area contributed by atoms with E-state index in [-0.39, 0.29) is 5.78 Å². The van der Waals surface area contributed by atoms with Crippen LogP contribution in [0.5, 0.6) is 0 Å². The van der Waals surface area contributed by atoms with Crippen molar-refractivity contribution < 1.29 is 24.0 Å². The Morgan fingerprint density at radius 2 is 1.60 bits per heavy atom. The van der Waals surface area contributed by atoms with Gasteiger partial charge in [-0.1, -0.05) is 60.7 Å². The number of nitrogens with zero attached hydrogens (tertiary/aromatic N) is 1. The molecule has 4 rings (SSSR count). The number of amides is 1. The van der Waals surface area contributed by atoms with Crippen molar-refractivity contribution in [3.05, 3.63) is 71.8 Å². The minimum atomic E-state index is -1.00.